The molecule has 180 valence electrons. The summed E-state index contributed by atoms with van der Waals surface area (Å²) in [4.78, 5) is 27.1. The summed E-state index contributed by atoms with van der Waals surface area (Å²) in [5, 5.41) is -0.280. The summed E-state index contributed by atoms with van der Waals surface area (Å²) in [5.41, 5.74) is 4.06. The smallest absolute Gasteiger partial charge is 0.293 e. The van der Waals surface area contributed by atoms with Gasteiger partial charge in [-0.25, -0.2) is 0 Å². The summed E-state index contributed by atoms with van der Waals surface area (Å²) in [6.45, 7) is 4.90. The summed E-state index contributed by atoms with van der Waals surface area (Å²) in [7, 11) is 0. The van der Waals surface area contributed by atoms with Crippen LogP contribution in [0.5, 0.6) is 11.5 Å². The van der Waals surface area contributed by atoms with Crippen molar-refractivity contribution in [2.24, 2.45) is 0 Å². The molecule has 35 heavy (non-hydrogen) atoms. The number of carbonyl (C=O) groups is 2. The summed E-state index contributed by atoms with van der Waals surface area (Å²) in [5.74, 6) is 1.29. The highest BCUT2D eigenvalue weighted by atomic mass is 127. The lowest BCUT2D eigenvalue weighted by Crippen LogP contribution is -2.32. The van der Waals surface area contributed by atoms with Crippen LogP contribution in [0.3, 0.4) is 0 Å². The molecule has 0 radical (unpaired) electrons. The zero-order valence-corrected chi connectivity index (χ0v) is 24.3. The van der Waals surface area contributed by atoms with Crippen molar-refractivity contribution in [1.29, 1.82) is 0 Å². The van der Waals surface area contributed by atoms with E-state index in [1.807, 2.05) is 74.5 Å². The minimum absolute atomic E-state index is 0.205. The molecular weight excluding hydrogens is 688 g/mol. The number of nitrogens with zero attached hydrogens (tertiary/aromatic N) is 1. The number of halogens is 2. The van der Waals surface area contributed by atoms with Gasteiger partial charge in [-0.05, 0) is 117 Å². The van der Waals surface area contributed by atoms with Crippen LogP contribution < -0.4 is 9.47 Å². The topological polar surface area (TPSA) is 55.8 Å². The number of imide groups is 1. The number of amides is 2. The van der Waals surface area contributed by atoms with E-state index < -0.39 is 0 Å². The molecule has 3 aromatic rings. The second-order valence-electron chi connectivity index (χ2n) is 8.04. The first-order valence-electron chi connectivity index (χ1n) is 10.9. The van der Waals surface area contributed by atoms with Gasteiger partial charge in [-0.2, -0.15) is 0 Å². The first-order valence-corrected chi connectivity index (χ1v) is 13.9. The van der Waals surface area contributed by atoms with Gasteiger partial charge in [0.15, 0.2) is 0 Å². The molecule has 0 aromatic heterocycles. The van der Waals surface area contributed by atoms with Gasteiger partial charge in [0.25, 0.3) is 11.1 Å². The molecule has 1 fully saturated rings. The van der Waals surface area contributed by atoms with Crippen molar-refractivity contribution < 1.29 is 19.1 Å². The summed E-state index contributed by atoms with van der Waals surface area (Å²) in [6.07, 6.45) is 1.77. The van der Waals surface area contributed by atoms with Crippen LogP contribution in [0.2, 0.25) is 0 Å². The van der Waals surface area contributed by atoms with Gasteiger partial charge in [0, 0.05) is 0 Å². The maximum Gasteiger partial charge on any atom is 0.293 e. The largest absolute Gasteiger partial charge is 0.491 e. The number of aryl methyl sites for hydroxylation is 2. The minimum Gasteiger partial charge on any atom is -0.491 e. The molecule has 5 nitrogen and oxygen atoms in total. The number of thioether (sulfide) groups is 1. The lowest BCUT2D eigenvalue weighted by atomic mass is 10.1. The molecule has 1 saturated heterocycles. The molecule has 0 atom stereocenters. The first-order chi connectivity index (χ1) is 16.8. The van der Waals surface area contributed by atoms with Crippen LogP contribution in [0.15, 0.2) is 65.6 Å². The highest BCUT2D eigenvalue weighted by molar-refractivity contribution is 14.1. The van der Waals surface area contributed by atoms with Gasteiger partial charge in [0.05, 0.1) is 18.6 Å². The van der Waals surface area contributed by atoms with Crippen LogP contribution in [0.1, 0.15) is 22.3 Å². The lowest BCUT2D eigenvalue weighted by Gasteiger charge is -2.14. The number of ether oxygens (including phenoxy) is 2. The van der Waals surface area contributed by atoms with Gasteiger partial charge in [0.1, 0.15) is 24.7 Å². The molecule has 4 rings (SSSR count). The monoisotopic (exact) mass is 711 g/mol. The number of benzene rings is 3. The number of hydrogen-bond donors (Lipinski definition) is 0. The average molecular weight is 711 g/mol. The van der Waals surface area contributed by atoms with Crippen LogP contribution in [0, 0.1) is 21.0 Å². The van der Waals surface area contributed by atoms with Crippen molar-refractivity contribution in [3.8, 4) is 11.5 Å². The van der Waals surface area contributed by atoms with E-state index in [0.717, 1.165) is 52.7 Å². The molecule has 0 unspecified atom stereocenters. The number of carbonyl (C=O) groups excluding carboxylic acids is 2. The minimum atomic E-state index is -0.293. The van der Waals surface area contributed by atoms with Crippen LogP contribution in [0.4, 0.5) is 4.79 Å². The second kappa shape index (κ2) is 11.8. The predicted molar refractivity (Wildman–Crippen MR) is 157 cm³/mol. The summed E-state index contributed by atoms with van der Waals surface area (Å²) < 4.78 is 13.8. The van der Waals surface area contributed by atoms with Gasteiger partial charge in [-0.1, -0.05) is 42.5 Å². The SMILES string of the molecule is Cc1ccc(C)c(OCCN2C(=O)S/C(=C\c3cc(I)c(OCc4ccccc4)c(I)c3)C2=O)c1. The zero-order chi connectivity index (χ0) is 24.9. The van der Waals surface area contributed by atoms with Crippen molar-refractivity contribution in [2.45, 2.75) is 20.5 Å². The Morgan fingerprint density at radius 3 is 2.37 bits per heavy atom. The summed E-state index contributed by atoms with van der Waals surface area (Å²) >= 11 is 5.44. The van der Waals surface area contributed by atoms with E-state index in [1.54, 1.807) is 6.08 Å². The Hall–Kier alpha value is -2.05. The van der Waals surface area contributed by atoms with Gasteiger partial charge >= 0.3 is 0 Å². The van der Waals surface area contributed by atoms with Crippen LogP contribution >= 0.6 is 56.9 Å². The third-order valence-electron chi connectivity index (χ3n) is 5.33. The van der Waals surface area contributed by atoms with E-state index in [9.17, 15) is 9.59 Å². The Balaban J connectivity index is 1.41. The van der Waals surface area contributed by atoms with E-state index in [1.165, 1.54) is 4.90 Å². The third kappa shape index (κ3) is 6.59. The molecule has 3 aromatic carbocycles. The maximum absolute atomic E-state index is 12.9. The normalized spacial score (nSPS) is 14.6. The number of hydrogen-bond acceptors (Lipinski definition) is 5. The average Bonchev–Trinajstić information content (AvgIpc) is 3.08. The molecule has 0 bridgehead atoms. The molecule has 1 aliphatic rings. The van der Waals surface area contributed by atoms with E-state index in [0.29, 0.717) is 11.5 Å². The van der Waals surface area contributed by atoms with E-state index in [-0.39, 0.29) is 24.3 Å². The highest BCUT2D eigenvalue weighted by Gasteiger charge is 2.34. The van der Waals surface area contributed by atoms with Crippen molar-refractivity contribution in [2.75, 3.05) is 13.2 Å². The molecule has 1 heterocycles. The molecule has 1 aliphatic heterocycles. The zero-order valence-electron chi connectivity index (χ0n) is 19.2. The highest BCUT2D eigenvalue weighted by Crippen LogP contribution is 2.35. The molecular formula is C27H23I2NO4S. The fraction of sp³-hybridized carbons (Fsp3) is 0.185. The van der Waals surface area contributed by atoms with Crippen molar-refractivity contribution in [3.63, 3.8) is 0 Å². The molecule has 0 N–H and O–H groups in total. The van der Waals surface area contributed by atoms with E-state index in [2.05, 4.69) is 45.2 Å². The quantitative estimate of drug-likeness (QED) is 0.183. The standard InChI is InChI=1S/C27H23I2NO4S/c1-17-8-9-18(2)23(12-17)33-11-10-30-26(31)24(35-27(30)32)15-20-13-21(28)25(22(29)14-20)34-16-19-6-4-3-5-7-19/h3-9,12-15H,10-11,16H2,1-2H3/b24-15-. The van der Waals surface area contributed by atoms with Crippen molar-refractivity contribution in [1.82, 2.24) is 4.90 Å². The van der Waals surface area contributed by atoms with E-state index >= 15 is 0 Å². The Morgan fingerprint density at radius 2 is 1.66 bits per heavy atom. The predicted octanol–water partition coefficient (Wildman–Crippen LogP) is 7.21. The second-order valence-corrected chi connectivity index (χ2v) is 11.4. The molecule has 0 saturated carbocycles. The van der Waals surface area contributed by atoms with E-state index in [4.69, 9.17) is 9.47 Å². The molecule has 0 spiro atoms. The Morgan fingerprint density at radius 1 is 0.943 bits per heavy atom. The third-order valence-corrected chi connectivity index (χ3v) is 7.84. The van der Waals surface area contributed by atoms with Crippen molar-refractivity contribution in [3.05, 3.63) is 95.0 Å². The van der Waals surface area contributed by atoms with Gasteiger partial charge in [-0.3, -0.25) is 14.5 Å². The maximum atomic E-state index is 12.9. The van der Waals surface area contributed by atoms with Gasteiger partial charge in [0.2, 0.25) is 0 Å². The lowest BCUT2D eigenvalue weighted by molar-refractivity contribution is -0.123. The van der Waals surface area contributed by atoms with Crippen LogP contribution in [-0.4, -0.2) is 29.2 Å². The fourth-order valence-corrected chi connectivity index (χ4v) is 6.48. The Kier molecular flexibility index (Phi) is 8.77. The Labute approximate surface area is 236 Å². The Bertz CT molecular complexity index is 1270. The molecule has 2 amide bonds. The van der Waals surface area contributed by atoms with Gasteiger partial charge < -0.3 is 9.47 Å². The molecule has 8 heteroatoms. The first kappa shape index (κ1) is 26.0. The number of rotatable bonds is 8. The van der Waals surface area contributed by atoms with Crippen LogP contribution in [-0.2, 0) is 11.4 Å². The van der Waals surface area contributed by atoms with Crippen molar-refractivity contribution >= 4 is 74.2 Å². The van der Waals surface area contributed by atoms with Crippen LogP contribution in [0.25, 0.3) is 6.08 Å². The molecule has 0 aliphatic carbocycles. The van der Waals surface area contributed by atoms with Gasteiger partial charge in [-0.15, -0.1) is 0 Å². The fourth-order valence-electron chi connectivity index (χ4n) is 3.48. The summed E-state index contributed by atoms with van der Waals surface area (Å²) in [6, 6.07) is 19.9.